The molecule has 0 aliphatic carbocycles. The standard InChI is InChI=1S/C9H11F3N2O4S2/c1-14(4-3-9(10,11)12)20(16,17)8-6(7(15)18-2)13-5-19-8/h5H,3-4H2,1-2H3. The number of alkyl halides is 3. The van der Waals surface area contributed by atoms with Gasteiger partial charge in [-0.25, -0.2) is 18.2 Å². The van der Waals surface area contributed by atoms with E-state index in [9.17, 15) is 26.4 Å². The van der Waals surface area contributed by atoms with Crippen LogP contribution in [-0.4, -0.2) is 50.6 Å². The van der Waals surface area contributed by atoms with E-state index >= 15 is 0 Å². The van der Waals surface area contributed by atoms with Crippen LogP contribution in [0, 0.1) is 0 Å². The maximum absolute atomic E-state index is 12.1. The van der Waals surface area contributed by atoms with Crippen LogP contribution in [0.3, 0.4) is 0 Å². The number of methoxy groups -OCH3 is 1. The second-order valence-corrected chi connectivity index (χ2v) is 6.77. The number of esters is 1. The largest absolute Gasteiger partial charge is 0.464 e. The molecule has 0 radical (unpaired) electrons. The van der Waals surface area contributed by atoms with Crippen molar-refractivity contribution in [2.75, 3.05) is 20.7 Å². The third-order valence-electron chi connectivity index (χ3n) is 2.27. The Balaban J connectivity index is 3.00. The van der Waals surface area contributed by atoms with E-state index in [1.165, 1.54) is 0 Å². The highest BCUT2D eigenvalue weighted by molar-refractivity contribution is 7.91. The SMILES string of the molecule is COC(=O)c1ncsc1S(=O)(=O)N(C)CCC(F)(F)F. The third kappa shape index (κ3) is 3.90. The molecule has 0 bridgehead atoms. The molecule has 0 aliphatic heterocycles. The molecule has 0 saturated heterocycles. The maximum Gasteiger partial charge on any atom is 0.390 e. The Labute approximate surface area is 117 Å². The van der Waals surface area contributed by atoms with E-state index in [2.05, 4.69) is 9.72 Å². The van der Waals surface area contributed by atoms with Gasteiger partial charge in [-0.15, -0.1) is 11.3 Å². The topological polar surface area (TPSA) is 76.6 Å². The predicted molar refractivity (Wildman–Crippen MR) is 63.9 cm³/mol. The van der Waals surface area contributed by atoms with E-state index in [1.54, 1.807) is 0 Å². The molecule has 0 amide bonds. The summed E-state index contributed by atoms with van der Waals surface area (Å²) >= 11 is 0.639. The number of sulfonamides is 1. The number of halogens is 3. The summed E-state index contributed by atoms with van der Waals surface area (Å²) in [5.74, 6) is -0.964. The molecular weight excluding hydrogens is 321 g/mol. The summed E-state index contributed by atoms with van der Waals surface area (Å²) in [5, 5.41) is 0. The second-order valence-electron chi connectivity index (χ2n) is 3.67. The Morgan fingerprint density at radius 2 is 2.10 bits per heavy atom. The average molecular weight is 332 g/mol. The average Bonchev–Trinajstić information content (AvgIpc) is 2.83. The van der Waals surface area contributed by atoms with Gasteiger partial charge in [0.1, 0.15) is 0 Å². The minimum absolute atomic E-state index is 0.434. The fourth-order valence-electron chi connectivity index (χ4n) is 1.20. The molecule has 0 aromatic carbocycles. The molecule has 1 aromatic rings. The van der Waals surface area contributed by atoms with Gasteiger partial charge in [0.05, 0.1) is 19.0 Å². The van der Waals surface area contributed by atoms with Gasteiger partial charge < -0.3 is 4.74 Å². The van der Waals surface area contributed by atoms with Crippen LogP contribution in [-0.2, 0) is 14.8 Å². The van der Waals surface area contributed by atoms with Crippen molar-refractivity contribution < 1.29 is 31.1 Å². The van der Waals surface area contributed by atoms with Crippen molar-refractivity contribution in [3.05, 3.63) is 11.2 Å². The van der Waals surface area contributed by atoms with Crippen molar-refractivity contribution in [2.45, 2.75) is 16.8 Å². The lowest BCUT2D eigenvalue weighted by molar-refractivity contribution is -0.135. The number of thiazole rings is 1. The first-order chi connectivity index (χ1) is 9.09. The molecule has 0 unspecified atom stereocenters. The first-order valence-corrected chi connectivity index (χ1v) is 7.46. The lowest BCUT2D eigenvalue weighted by atomic mass is 10.4. The Morgan fingerprint density at radius 1 is 1.50 bits per heavy atom. The van der Waals surface area contributed by atoms with Crippen LogP contribution < -0.4 is 0 Å². The molecular formula is C9H11F3N2O4S2. The zero-order valence-corrected chi connectivity index (χ0v) is 12.1. The lowest BCUT2D eigenvalue weighted by Gasteiger charge is -2.17. The molecule has 0 saturated carbocycles. The fraction of sp³-hybridized carbons (Fsp3) is 0.556. The number of rotatable bonds is 5. The van der Waals surface area contributed by atoms with Crippen LogP contribution in [0.4, 0.5) is 13.2 Å². The van der Waals surface area contributed by atoms with E-state index < -0.39 is 45.0 Å². The van der Waals surface area contributed by atoms with Crippen molar-refractivity contribution >= 4 is 27.3 Å². The summed E-state index contributed by atoms with van der Waals surface area (Å²) in [4.78, 5) is 14.9. The zero-order valence-electron chi connectivity index (χ0n) is 10.5. The number of ether oxygens (including phenoxy) is 1. The third-order valence-corrected chi connectivity index (χ3v) is 5.47. The van der Waals surface area contributed by atoms with Gasteiger partial charge in [-0.3, -0.25) is 0 Å². The molecule has 0 N–H and O–H groups in total. The molecule has 0 atom stereocenters. The first-order valence-electron chi connectivity index (χ1n) is 5.14. The van der Waals surface area contributed by atoms with Crippen molar-refractivity contribution in [3.63, 3.8) is 0 Å². The Hall–Kier alpha value is -1.20. The molecule has 0 spiro atoms. The van der Waals surface area contributed by atoms with Gasteiger partial charge in [0.2, 0.25) is 0 Å². The number of carbonyl (C=O) groups is 1. The van der Waals surface area contributed by atoms with E-state index in [0.29, 0.717) is 15.6 Å². The molecule has 1 aromatic heterocycles. The van der Waals surface area contributed by atoms with Crippen molar-refractivity contribution in [1.29, 1.82) is 0 Å². The Bertz CT molecular complexity index is 582. The Morgan fingerprint density at radius 3 is 2.60 bits per heavy atom. The second kappa shape index (κ2) is 6.06. The van der Waals surface area contributed by atoms with Crippen molar-refractivity contribution in [1.82, 2.24) is 9.29 Å². The van der Waals surface area contributed by atoms with Gasteiger partial charge >= 0.3 is 12.1 Å². The van der Waals surface area contributed by atoms with Gasteiger partial charge in [-0.2, -0.15) is 17.5 Å². The smallest absolute Gasteiger partial charge is 0.390 e. The summed E-state index contributed by atoms with van der Waals surface area (Å²) in [5.41, 5.74) is 0.674. The number of hydrogen-bond donors (Lipinski definition) is 0. The quantitative estimate of drug-likeness (QED) is 0.764. The molecule has 11 heteroatoms. The Kier molecular flexibility index (Phi) is 5.10. The fourth-order valence-corrected chi connectivity index (χ4v) is 3.69. The van der Waals surface area contributed by atoms with Gasteiger partial charge in [0.15, 0.2) is 9.90 Å². The minimum atomic E-state index is -4.47. The summed E-state index contributed by atoms with van der Waals surface area (Å²) in [7, 11) is -2.17. The summed E-state index contributed by atoms with van der Waals surface area (Å²) < 4.78 is 64.9. The van der Waals surface area contributed by atoms with E-state index in [0.717, 1.165) is 19.7 Å². The summed E-state index contributed by atoms with van der Waals surface area (Å²) in [6, 6.07) is 0. The minimum Gasteiger partial charge on any atom is -0.464 e. The molecule has 0 aliphatic rings. The van der Waals surface area contributed by atoms with Crippen LogP contribution in [0.1, 0.15) is 16.9 Å². The van der Waals surface area contributed by atoms with Crippen LogP contribution in [0.25, 0.3) is 0 Å². The van der Waals surface area contributed by atoms with Gasteiger partial charge in [0.25, 0.3) is 10.0 Å². The molecule has 1 rings (SSSR count). The van der Waals surface area contributed by atoms with Gasteiger partial charge in [-0.1, -0.05) is 0 Å². The highest BCUT2D eigenvalue weighted by Gasteiger charge is 2.33. The molecule has 114 valence electrons. The number of aromatic nitrogens is 1. The summed E-state index contributed by atoms with van der Waals surface area (Å²) in [6.45, 7) is -0.746. The lowest BCUT2D eigenvalue weighted by Crippen LogP contribution is -2.31. The van der Waals surface area contributed by atoms with Gasteiger partial charge in [0, 0.05) is 13.6 Å². The highest BCUT2D eigenvalue weighted by atomic mass is 32.2. The molecule has 1 heterocycles. The number of hydrogen-bond acceptors (Lipinski definition) is 6. The van der Waals surface area contributed by atoms with Crippen molar-refractivity contribution in [3.8, 4) is 0 Å². The molecule has 6 nitrogen and oxygen atoms in total. The van der Waals surface area contributed by atoms with E-state index in [-0.39, 0.29) is 0 Å². The zero-order chi connectivity index (χ0) is 15.6. The first kappa shape index (κ1) is 16.9. The number of carbonyl (C=O) groups excluding carboxylic acids is 1. The predicted octanol–water partition coefficient (Wildman–Crippen LogP) is 1.50. The van der Waals surface area contributed by atoms with Crippen molar-refractivity contribution in [2.24, 2.45) is 0 Å². The maximum atomic E-state index is 12.1. The molecule has 20 heavy (non-hydrogen) atoms. The van der Waals surface area contributed by atoms with Crippen LogP contribution in [0.2, 0.25) is 0 Å². The van der Waals surface area contributed by atoms with Crippen LogP contribution in [0.5, 0.6) is 0 Å². The van der Waals surface area contributed by atoms with Crippen LogP contribution >= 0.6 is 11.3 Å². The highest BCUT2D eigenvalue weighted by Crippen LogP contribution is 2.26. The monoisotopic (exact) mass is 332 g/mol. The molecule has 0 fully saturated rings. The van der Waals surface area contributed by atoms with Crippen LogP contribution in [0.15, 0.2) is 9.72 Å². The summed E-state index contributed by atoms with van der Waals surface area (Å²) in [6.07, 6.45) is -5.75. The van der Waals surface area contributed by atoms with E-state index in [1.807, 2.05) is 0 Å². The normalized spacial score (nSPS) is 12.7. The van der Waals surface area contributed by atoms with Gasteiger partial charge in [-0.05, 0) is 0 Å². The van der Waals surface area contributed by atoms with E-state index in [4.69, 9.17) is 0 Å². The number of nitrogens with zero attached hydrogens (tertiary/aromatic N) is 2.